The maximum atomic E-state index is 12.1. The molecule has 0 heterocycles. The zero-order valence-corrected chi connectivity index (χ0v) is 12.6. The zero-order valence-electron chi connectivity index (χ0n) is 12.6. The summed E-state index contributed by atoms with van der Waals surface area (Å²) in [6, 6.07) is 10.4. The fourth-order valence-electron chi connectivity index (χ4n) is 1.84. The maximum absolute atomic E-state index is 12.1. The van der Waals surface area contributed by atoms with Crippen molar-refractivity contribution in [1.82, 2.24) is 10.9 Å². The lowest BCUT2D eigenvalue weighted by Crippen LogP contribution is -2.41. The van der Waals surface area contributed by atoms with E-state index in [1.165, 1.54) is 50.6 Å². The average molecular weight is 316 g/mol. The maximum Gasteiger partial charge on any atom is 0.269 e. The molecule has 3 N–H and O–H groups in total. The van der Waals surface area contributed by atoms with Gasteiger partial charge in [0.1, 0.15) is 17.2 Å². The molecule has 0 aliphatic heterocycles. The summed E-state index contributed by atoms with van der Waals surface area (Å²) in [6.07, 6.45) is 0. The number of phenols is 1. The van der Waals surface area contributed by atoms with Gasteiger partial charge in [-0.2, -0.15) is 0 Å². The highest BCUT2D eigenvalue weighted by atomic mass is 16.5. The molecule has 0 fully saturated rings. The number of benzene rings is 2. The van der Waals surface area contributed by atoms with Crippen LogP contribution in [0.2, 0.25) is 0 Å². The number of ether oxygens (including phenoxy) is 2. The first-order chi connectivity index (χ1) is 11.0. The molecular formula is C16H16N2O5. The molecule has 0 aliphatic rings. The number of amides is 2. The van der Waals surface area contributed by atoms with E-state index >= 15 is 0 Å². The number of hydrazine groups is 1. The topological polar surface area (TPSA) is 96.9 Å². The predicted molar refractivity (Wildman–Crippen MR) is 82.6 cm³/mol. The molecule has 0 radical (unpaired) electrons. The van der Waals surface area contributed by atoms with E-state index in [2.05, 4.69) is 10.9 Å². The third kappa shape index (κ3) is 4.13. The van der Waals surface area contributed by atoms with Gasteiger partial charge in [-0.1, -0.05) is 6.07 Å². The Morgan fingerprint density at radius 3 is 1.96 bits per heavy atom. The van der Waals surface area contributed by atoms with Gasteiger partial charge in [0.2, 0.25) is 0 Å². The van der Waals surface area contributed by atoms with Gasteiger partial charge in [0.15, 0.2) is 0 Å². The van der Waals surface area contributed by atoms with E-state index < -0.39 is 11.8 Å². The molecule has 23 heavy (non-hydrogen) atoms. The van der Waals surface area contributed by atoms with Gasteiger partial charge in [0.25, 0.3) is 11.8 Å². The summed E-state index contributed by atoms with van der Waals surface area (Å²) in [4.78, 5) is 24.0. The highest BCUT2D eigenvalue weighted by molar-refractivity contribution is 5.99. The Labute approximate surface area is 132 Å². The third-order valence-electron chi connectivity index (χ3n) is 3.01. The van der Waals surface area contributed by atoms with Crippen molar-refractivity contribution < 1.29 is 24.2 Å². The van der Waals surface area contributed by atoms with E-state index in [0.29, 0.717) is 11.5 Å². The van der Waals surface area contributed by atoms with Crippen molar-refractivity contribution in [3.05, 3.63) is 53.6 Å². The number of rotatable bonds is 4. The first-order valence-corrected chi connectivity index (χ1v) is 6.66. The lowest BCUT2D eigenvalue weighted by atomic mass is 10.2. The first-order valence-electron chi connectivity index (χ1n) is 6.66. The molecule has 0 saturated heterocycles. The highest BCUT2D eigenvalue weighted by Crippen LogP contribution is 2.22. The summed E-state index contributed by atoms with van der Waals surface area (Å²) in [5, 5.41) is 9.34. The van der Waals surface area contributed by atoms with Crippen molar-refractivity contribution in [2.45, 2.75) is 0 Å². The monoisotopic (exact) mass is 316 g/mol. The van der Waals surface area contributed by atoms with E-state index in [1.807, 2.05) is 0 Å². The highest BCUT2D eigenvalue weighted by Gasteiger charge is 2.12. The number of hydrogen-bond donors (Lipinski definition) is 3. The minimum atomic E-state index is -0.552. The molecule has 0 unspecified atom stereocenters. The van der Waals surface area contributed by atoms with Gasteiger partial charge < -0.3 is 14.6 Å². The lowest BCUT2D eigenvalue weighted by Gasteiger charge is -2.10. The number of carbonyl (C=O) groups is 2. The van der Waals surface area contributed by atoms with Crippen LogP contribution in [0.3, 0.4) is 0 Å². The number of phenolic OH excluding ortho intramolecular Hbond substituents is 1. The van der Waals surface area contributed by atoms with Gasteiger partial charge >= 0.3 is 0 Å². The minimum absolute atomic E-state index is 0.0403. The largest absolute Gasteiger partial charge is 0.508 e. The molecule has 0 bridgehead atoms. The van der Waals surface area contributed by atoms with Crippen LogP contribution in [0, 0.1) is 0 Å². The molecule has 2 aromatic rings. The predicted octanol–water partition coefficient (Wildman–Crippen LogP) is 1.48. The van der Waals surface area contributed by atoms with Crippen LogP contribution in [-0.4, -0.2) is 31.1 Å². The van der Waals surface area contributed by atoms with Crippen LogP contribution in [0.25, 0.3) is 0 Å². The van der Waals surface area contributed by atoms with Crippen LogP contribution in [0.15, 0.2) is 42.5 Å². The first kappa shape index (κ1) is 16.2. The fraction of sp³-hybridized carbons (Fsp3) is 0.125. The SMILES string of the molecule is COc1cc(OC)cc(C(=O)NNC(=O)c2cccc(O)c2)c1. The molecule has 7 heteroatoms. The van der Waals surface area contributed by atoms with Crippen LogP contribution >= 0.6 is 0 Å². The number of methoxy groups -OCH3 is 2. The molecule has 2 rings (SSSR count). The Balaban J connectivity index is 2.06. The van der Waals surface area contributed by atoms with Crippen molar-refractivity contribution in [2.24, 2.45) is 0 Å². The van der Waals surface area contributed by atoms with E-state index in [0.717, 1.165) is 0 Å². The van der Waals surface area contributed by atoms with Gasteiger partial charge in [0, 0.05) is 17.2 Å². The second-order valence-corrected chi connectivity index (χ2v) is 4.56. The summed E-state index contributed by atoms with van der Waals surface area (Å²) >= 11 is 0. The number of nitrogens with one attached hydrogen (secondary N) is 2. The fourth-order valence-corrected chi connectivity index (χ4v) is 1.84. The van der Waals surface area contributed by atoms with E-state index in [1.54, 1.807) is 6.07 Å². The Morgan fingerprint density at radius 2 is 1.43 bits per heavy atom. The zero-order chi connectivity index (χ0) is 16.8. The Kier molecular flexibility index (Phi) is 5.03. The van der Waals surface area contributed by atoms with E-state index in [9.17, 15) is 14.7 Å². The molecule has 0 atom stereocenters. The molecule has 0 saturated carbocycles. The lowest BCUT2D eigenvalue weighted by molar-refractivity contribution is 0.0846. The van der Waals surface area contributed by atoms with Crippen LogP contribution in [0.4, 0.5) is 0 Å². The van der Waals surface area contributed by atoms with Crippen molar-refractivity contribution in [3.8, 4) is 17.2 Å². The van der Waals surface area contributed by atoms with Gasteiger partial charge in [-0.05, 0) is 30.3 Å². The van der Waals surface area contributed by atoms with Crippen molar-refractivity contribution in [1.29, 1.82) is 0 Å². The summed E-state index contributed by atoms with van der Waals surface area (Å²) < 4.78 is 10.2. The Morgan fingerprint density at radius 1 is 0.870 bits per heavy atom. The molecule has 2 amide bonds. The molecule has 7 nitrogen and oxygen atoms in total. The molecule has 2 aromatic carbocycles. The molecular weight excluding hydrogens is 300 g/mol. The van der Waals surface area contributed by atoms with E-state index in [-0.39, 0.29) is 16.9 Å². The molecule has 0 aliphatic carbocycles. The number of aromatic hydroxyl groups is 1. The Hall–Kier alpha value is -3.22. The second kappa shape index (κ2) is 7.17. The van der Waals surface area contributed by atoms with Gasteiger partial charge in [0.05, 0.1) is 14.2 Å². The summed E-state index contributed by atoms with van der Waals surface area (Å²) in [6.45, 7) is 0. The molecule has 0 aromatic heterocycles. The number of carbonyl (C=O) groups excluding carboxylic acids is 2. The molecule has 0 spiro atoms. The normalized spacial score (nSPS) is 9.83. The van der Waals surface area contributed by atoms with Crippen LogP contribution in [-0.2, 0) is 0 Å². The van der Waals surface area contributed by atoms with Gasteiger partial charge in [-0.25, -0.2) is 0 Å². The van der Waals surface area contributed by atoms with Crippen LogP contribution in [0.1, 0.15) is 20.7 Å². The van der Waals surface area contributed by atoms with E-state index in [4.69, 9.17) is 9.47 Å². The Bertz CT molecular complexity index is 708. The van der Waals surface area contributed by atoms with Crippen molar-refractivity contribution in [2.75, 3.05) is 14.2 Å². The minimum Gasteiger partial charge on any atom is -0.508 e. The van der Waals surface area contributed by atoms with Crippen molar-refractivity contribution in [3.63, 3.8) is 0 Å². The van der Waals surface area contributed by atoms with Crippen LogP contribution < -0.4 is 20.3 Å². The average Bonchev–Trinajstić information content (AvgIpc) is 2.58. The second-order valence-electron chi connectivity index (χ2n) is 4.56. The van der Waals surface area contributed by atoms with Gasteiger partial charge in [-0.15, -0.1) is 0 Å². The third-order valence-corrected chi connectivity index (χ3v) is 3.01. The summed E-state index contributed by atoms with van der Waals surface area (Å²) in [5.41, 5.74) is 5.03. The quantitative estimate of drug-likeness (QED) is 0.743. The number of hydrogen-bond acceptors (Lipinski definition) is 5. The standard InChI is InChI=1S/C16H16N2O5/c1-22-13-7-11(8-14(9-13)23-2)16(21)18-17-15(20)10-4-3-5-12(19)6-10/h3-9,19H,1-2H3,(H,17,20)(H,18,21). The van der Waals surface area contributed by atoms with Crippen LogP contribution in [0.5, 0.6) is 17.2 Å². The molecule has 120 valence electrons. The summed E-state index contributed by atoms with van der Waals surface area (Å²) in [7, 11) is 2.94. The summed E-state index contributed by atoms with van der Waals surface area (Å²) in [5.74, 6) is -0.219. The smallest absolute Gasteiger partial charge is 0.269 e. The van der Waals surface area contributed by atoms with Crippen molar-refractivity contribution >= 4 is 11.8 Å². The van der Waals surface area contributed by atoms with Gasteiger partial charge in [-0.3, -0.25) is 20.4 Å².